The van der Waals surface area contributed by atoms with Gasteiger partial charge in [0.2, 0.25) is 5.72 Å². The van der Waals surface area contributed by atoms with Crippen LogP contribution in [0.25, 0.3) is 0 Å². The lowest BCUT2D eigenvalue weighted by Gasteiger charge is -2.42. The van der Waals surface area contributed by atoms with Crippen LogP contribution in [0.15, 0.2) is 63.1 Å². The molecule has 1 N–H and O–H groups in total. The van der Waals surface area contributed by atoms with Crippen LogP contribution in [-0.4, -0.2) is 43.7 Å². The number of sulfonamides is 1. The zero-order valence-corrected chi connectivity index (χ0v) is 18.6. The minimum absolute atomic E-state index is 0. The first-order valence-corrected chi connectivity index (χ1v) is 11.2. The van der Waals surface area contributed by atoms with E-state index in [9.17, 15) is 13.5 Å². The second-order valence-electron chi connectivity index (χ2n) is 6.74. The molecule has 1 fully saturated rings. The molecule has 0 amide bonds. The summed E-state index contributed by atoms with van der Waals surface area (Å²) in [7, 11) is -0.759. The van der Waals surface area contributed by atoms with Gasteiger partial charge in [0, 0.05) is 18.2 Å². The molecule has 1 aliphatic heterocycles. The number of aliphatic hydroxyl groups is 1. The molecule has 2 aromatic carbocycles. The molecule has 2 aromatic rings. The Kier molecular flexibility index (Phi) is 7.17. The molecule has 2 unspecified atom stereocenters. The fraction of sp³-hybridized carbons (Fsp3) is 0.333. The first-order valence-electron chi connectivity index (χ1n) is 8.27. The fourth-order valence-electron chi connectivity index (χ4n) is 3.31. The van der Waals surface area contributed by atoms with Crippen molar-refractivity contribution < 1.29 is 30.4 Å². The van der Waals surface area contributed by atoms with E-state index in [4.69, 9.17) is 11.6 Å². The predicted octanol–water partition coefficient (Wildman–Crippen LogP) is 0.611. The molecule has 0 bridgehead atoms. The molecule has 10 heteroatoms. The Bertz CT molecular complexity index is 973. The fourth-order valence-corrected chi connectivity index (χ4v) is 6.18. The molecule has 0 aromatic heterocycles. The summed E-state index contributed by atoms with van der Waals surface area (Å²) in [6, 6.07) is 14.5. The quantitative estimate of drug-likeness (QED) is 0.522. The van der Waals surface area contributed by atoms with E-state index in [1.54, 1.807) is 17.8 Å². The first-order chi connectivity index (χ1) is 12.7. The van der Waals surface area contributed by atoms with Crippen molar-refractivity contribution in [3.8, 4) is 0 Å². The van der Waals surface area contributed by atoms with Crippen LogP contribution in [0, 0.1) is 0 Å². The van der Waals surface area contributed by atoms with Crippen LogP contribution in [0.4, 0.5) is 0 Å². The molecular formula is C18H21Cl2N3O3S2. The van der Waals surface area contributed by atoms with Crippen molar-refractivity contribution in [1.29, 1.82) is 0 Å². The molecule has 1 saturated heterocycles. The number of quaternary nitrogens is 1. The SMILES string of the molecule is CN=NS(=O)(=O)c1cc(C2(O)CSC[N+]2(C)Cc2ccccc2)ccc1Cl.[Cl-]. The summed E-state index contributed by atoms with van der Waals surface area (Å²) < 4.78 is 28.3. The largest absolute Gasteiger partial charge is 1.00 e. The minimum atomic E-state index is -4.01. The monoisotopic (exact) mass is 461 g/mol. The highest BCUT2D eigenvalue weighted by Gasteiger charge is 2.53. The third-order valence-electron chi connectivity index (χ3n) is 4.81. The Labute approximate surface area is 180 Å². The Hall–Kier alpha value is -1.16. The van der Waals surface area contributed by atoms with Crippen molar-refractivity contribution in [3.05, 3.63) is 64.7 Å². The van der Waals surface area contributed by atoms with Crippen LogP contribution in [0.2, 0.25) is 5.02 Å². The molecule has 2 atom stereocenters. The lowest BCUT2D eigenvalue weighted by molar-refractivity contribution is -0.985. The lowest BCUT2D eigenvalue weighted by atomic mass is 10.00. The van der Waals surface area contributed by atoms with Crippen molar-refractivity contribution in [2.24, 2.45) is 9.63 Å². The second-order valence-corrected chi connectivity index (χ2v) is 9.65. The number of halogens is 2. The topological polar surface area (TPSA) is 79.1 Å². The summed E-state index contributed by atoms with van der Waals surface area (Å²) in [5.41, 5.74) is 0.348. The van der Waals surface area contributed by atoms with Crippen molar-refractivity contribution >= 4 is 33.4 Å². The standard InChI is InChI=1S/C18H21ClN3O3S2.ClH/c1-20-21-27(24,25)17-10-15(8-9-16(17)19)18(23)12-26-13-22(18,2)11-14-6-4-3-5-7-14;/h3-10,23H,11-13H2,1-2H3;1H/q+1;/p-1. The van der Waals surface area contributed by atoms with Gasteiger partial charge >= 0.3 is 10.0 Å². The van der Waals surface area contributed by atoms with Gasteiger partial charge < -0.3 is 17.5 Å². The van der Waals surface area contributed by atoms with Gasteiger partial charge in [0.1, 0.15) is 17.3 Å². The summed E-state index contributed by atoms with van der Waals surface area (Å²) in [4.78, 5) is -0.149. The summed E-state index contributed by atoms with van der Waals surface area (Å²) >= 11 is 7.72. The van der Waals surface area contributed by atoms with Gasteiger partial charge in [0.05, 0.1) is 17.8 Å². The van der Waals surface area contributed by atoms with Crippen LogP contribution < -0.4 is 12.4 Å². The molecule has 0 aliphatic carbocycles. The lowest BCUT2D eigenvalue weighted by Crippen LogP contribution is -3.00. The highest BCUT2D eigenvalue weighted by atomic mass is 35.5. The Morgan fingerprint density at radius 1 is 1.25 bits per heavy atom. The van der Waals surface area contributed by atoms with Crippen molar-refractivity contribution in [2.75, 3.05) is 25.7 Å². The van der Waals surface area contributed by atoms with Gasteiger partial charge in [-0.15, -0.1) is 0 Å². The second kappa shape index (κ2) is 8.69. The van der Waals surface area contributed by atoms with Gasteiger partial charge in [-0.3, -0.25) is 4.48 Å². The molecule has 1 heterocycles. The maximum Gasteiger partial charge on any atom is 0.300 e. The van der Waals surface area contributed by atoms with E-state index in [1.807, 2.05) is 37.4 Å². The highest BCUT2D eigenvalue weighted by molar-refractivity contribution is 7.99. The summed E-state index contributed by atoms with van der Waals surface area (Å²) in [6.07, 6.45) is 0. The summed E-state index contributed by atoms with van der Waals surface area (Å²) in [5, 5.41) is 15.0. The van der Waals surface area contributed by atoms with Crippen LogP contribution >= 0.6 is 23.4 Å². The zero-order valence-electron chi connectivity index (χ0n) is 15.4. The van der Waals surface area contributed by atoms with E-state index in [1.165, 1.54) is 19.2 Å². The Balaban J connectivity index is 0.00000280. The van der Waals surface area contributed by atoms with Gasteiger partial charge in [-0.05, 0) is 18.2 Å². The Morgan fingerprint density at radius 2 is 1.93 bits per heavy atom. The number of nitrogens with zero attached hydrogens (tertiary/aromatic N) is 3. The smallest absolute Gasteiger partial charge is 0.300 e. The zero-order chi connectivity index (χ0) is 19.7. The van der Waals surface area contributed by atoms with Crippen LogP contribution in [0.5, 0.6) is 0 Å². The van der Waals surface area contributed by atoms with E-state index in [2.05, 4.69) is 9.63 Å². The average molecular weight is 462 g/mol. The molecule has 0 spiro atoms. The van der Waals surface area contributed by atoms with E-state index < -0.39 is 15.7 Å². The molecule has 28 heavy (non-hydrogen) atoms. The third-order valence-corrected chi connectivity index (χ3v) is 7.88. The number of benzene rings is 2. The van der Waals surface area contributed by atoms with Crippen molar-refractivity contribution in [2.45, 2.75) is 17.2 Å². The number of hydrogen-bond donors (Lipinski definition) is 1. The van der Waals surface area contributed by atoms with Crippen LogP contribution in [0.3, 0.4) is 0 Å². The summed E-state index contributed by atoms with van der Waals surface area (Å²) in [6.45, 7) is 0.615. The number of hydrogen-bond acceptors (Lipinski definition) is 5. The molecule has 0 radical (unpaired) electrons. The number of rotatable bonds is 5. The molecule has 1 aliphatic rings. The van der Waals surface area contributed by atoms with E-state index in [0.717, 1.165) is 5.56 Å². The maximum atomic E-state index is 12.3. The molecule has 152 valence electrons. The first kappa shape index (κ1) is 23.1. The third kappa shape index (κ3) is 4.22. The Morgan fingerprint density at radius 3 is 2.57 bits per heavy atom. The normalized spacial score (nSPS) is 25.0. The van der Waals surface area contributed by atoms with Gasteiger partial charge in [-0.2, -0.15) is 13.5 Å². The van der Waals surface area contributed by atoms with Gasteiger partial charge in [0.25, 0.3) is 0 Å². The van der Waals surface area contributed by atoms with Gasteiger partial charge in [-0.25, -0.2) is 0 Å². The highest BCUT2D eigenvalue weighted by Crippen LogP contribution is 2.45. The van der Waals surface area contributed by atoms with E-state index in [-0.39, 0.29) is 22.3 Å². The van der Waals surface area contributed by atoms with Gasteiger partial charge in [-0.1, -0.05) is 58.2 Å². The van der Waals surface area contributed by atoms with Crippen molar-refractivity contribution in [3.63, 3.8) is 0 Å². The summed E-state index contributed by atoms with van der Waals surface area (Å²) in [5.74, 6) is 1.15. The predicted molar refractivity (Wildman–Crippen MR) is 107 cm³/mol. The molecule has 0 saturated carbocycles. The van der Waals surface area contributed by atoms with Crippen LogP contribution in [0.1, 0.15) is 11.1 Å². The van der Waals surface area contributed by atoms with Gasteiger partial charge in [0.15, 0.2) is 0 Å². The van der Waals surface area contributed by atoms with Crippen molar-refractivity contribution in [1.82, 2.24) is 0 Å². The maximum absolute atomic E-state index is 12.3. The molecule has 6 nitrogen and oxygen atoms in total. The molecule has 3 rings (SSSR count). The molecular weight excluding hydrogens is 441 g/mol. The minimum Gasteiger partial charge on any atom is -1.00 e. The van der Waals surface area contributed by atoms with E-state index in [0.29, 0.717) is 28.2 Å². The van der Waals surface area contributed by atoms with E-state index >= 15 is 0 Å². The number of thioether (sulfide) groups is 1. The average Bonchev–Trinajstić information content (AvgIpc) is 2.91. The van der Waals surface area contributed by atoms with Crippen LogP contribution in [-0.2, 0) is 22.3 Å².